The largest absolute Gasteiger partial charge is 0.494 e. The van der Waals surface area contributed by atoms with Crippen molar-refractivity contribution >= 4 is 15.7 Å². The third-order valence-corrected chi connectivity index (χ3v) is 4.29. The predicted molar refractivity (Wildman–Crippen MR) is 69.7 cm³/mol. The normalized spacial score (nSPS) is 16.3. The average molecular weight is 270 g/mol. The van der Waals surface area contributed by atoms with Crippen LogP contribution in [0, 0.1) is 5.92 Å². The van der Waals surface area contributed by atoms with E-state index in [0.717, 1.165) is 12.3 Å². The molecular weight excluding hydrogens is 252 g/mol. The third kappa shape index (κ3) is 3.14. The average Bonchev–Trinajstić information content (AvgIpc) is 2.20. The first-order chi connectivity index (χ1) is 8.47. The Hall–Kier alpha value is -1.27. The summed E-state index contributed by atoms with van der Waals surface area (Å²) in [5.74, 6) is 1.37. The molecule has 18 heavy (non-hydrogen) atoms. The molecule has 0 bridgehead atoms. The molecule has 100 valence electrons. The third-order valence-electron chi connectivity index (χ3n) is 3.31. The van der Waals surface area contributed by atoms with Gasteiger partial charge in [0.05, 0.1) is 12.3 Å². The monoisotopic (exact) mass is 270 g/mol. The topological polar surface area (TPSA) is 95.4 Å². The summed E-state index contributed by atoms with van der Waals surface area (Å²) >= 11 is 0. The first kappa shape index (κ1) is 13.2. The zero-order valence-corrected chi connectivity index (χ0v) is 10.9. The van der Waals surface area contributed by atoms with Gasteiger partial charge in [-0.15, -0.1) is 0 Å². The van der Waals surface area contributed by atoms with E-state index in [0.29, 0.717) is 12.4 Å². The zero-order valence-electron chi connectivity index (χ0n) is 10.1. The second kappa shape index (κ2) is 5.16. The van der Waals surface area contributed by atoms with Gasteiger partial charge in [0.1, 0.15) is 10.6 Å². The number of nitrogens with two attached hydrogens (primary N) is 2. The van der Waals surface area contributed by atoms with Crippen molar-refractivity contribution in [3.63, 3.8) is 0 Å². The number of benzene rings is 1. The van der Waals surface area contributed by atoms with Crippen molar-refractivity contribution in [1.29, 1.82) is 0 Å². The summed E-state index contributed by atoms with van der Waals surface area (Å²) in [6.45, 7) is 0.638. The van der Waals surface area contributed by atoms with Gasteiger partial charge in [0, 0.05) is 6.07 Å². The summed E-state index contributed by atoms with van der Waals surface area (Å²) in [5.41, 5.74) is 5.76. The fraction of sp³-hybridized carbons (Fsp3) is 0.500. The minimum absolute atomic E-state index is 0.0613. The van der Waals surface area contributed by atoms with Crippen molar-refractivity contribution in [2.24, 2.45) is 11.1 Å². The molecule has 0 heterocycles. The zero-order chi connectivity index (χ0) is 13.2. The fourth-order valence-electron chi connectivity index (χ4n) is 2.00. The number of ether oxygens (including phenoxy) is 1. The molecule has 0 aromatic heterocycles. The maximum Gasteiger partial charge on any atom is 0.240 e. The van der Waals surface area contributed by atoms with E-state index in [1.54, 1.807) is 6.07 Å². The summed E-state index contributed by atoms with van der Waals surface area (Å²) in [6.07, 6.45) is 4.93. The minimum Gasteiger partial charge on any atom is -0.494 e. The minimum atomic E-state index is -3.76. The quantitative estimate of drug-likeness (QED) is 0.792. The molecule has 5 nitrogen and oxygen atoms in total. The number of nitrogen functional groups attached to an aromatic ring is 1. The molecule has 4 N–H and O–H groups in total. The Morgan fingerprint density at radius 2 is 2.06 bits per heavy atom. The maximum atomic E-state index is 11.2. The molecule has 1 fully saturated rings. The molecule has 0 saturated heterocycles. The van der Waals surface area contributed by atoms with E-state index < -0.39 is 10.0 Å². The lowest BCUT2D eigenvalue weighted by Crippen LogP contribution is -2.15. The summed E-state index contributed by atoms with van der Waals surface area (Å²) in [7, 11) is -3.76. The number of primary sulfonamides is 1. The molecule has 2 rings (SSSR count). The van der Waals surface area contributed by atoms with Crippen molar-refractivity contribution in [3.8, 4) is 5.75 Å². The Bertz CT molecular complexity index is 524. The molecule has 0 amide bonds. The van der Waals surface area contributed by atoms with Gasteiger partial charge in [0.15, 0.2) is 0 Å². The van der Waals surface area contributed by atoms with Gasteiger partial charge in [-0.3, -0.25) is 0 Å². The van der Waals surface area contributed by atoms with Crippen molar-refractivity contribution in [3.05, 3.63) is 18.2 Å². The number of sulfonamides is 1. The van der Waals surface area contributed by atoms with Gasteiger partial charge in [-0.2, -0.15) is 0 Å². The van der Waals surface area contributed by atoms with E-state index in [-0.39, 0.29) is 10.6 Å². The van der Waals surface area contributed by atoms with Crippen LogP contribution in [0.1, 0.15) is 25.7 Å². The van der Waals surface area contributed by atoms with Crippen LogP contribution in [0.25, 0.3) is 0 Å². The predicted octanol–water partition coefficient (Wildman–Crippen LogP) is 1.49. The molecule has 1 aliphatic rings. The fourth-order valence-corrected chi connectivity index (χ4v) is 2.65. The van der Waals surface area contributed by atoms with Crippen LogP contribution in [0.15, 0.2) is 23.1 Å². The first-order valence-electron chi connectivity index (χ1n) is 6.02. The van der Waals surface area contributed by atoms with E-state index >= 15 is 0 Å². The molecule has 1 aromatic rings. The summed E-state index contributed by atoms with van der Waals surface area (Å²) < 4.78 is 27.9. The van der Waals surface area contributed by atoms with Crippen LogP contribution in [-0.2, 0) is 10.0 Å². The van der Waals surface area contributed by atoms with Gasteiger partial charge in [0.2, 0.25) is 10.0 Å². The van der Waals surface area contributed by atoms with Crippen molar-refractivity contribution in [2.45, 2.75) is 30.6 Å². The summed E-state index contributed by atoms with van der Waals surface area (Å²) in [4.78, 5) is -0.0613. The Balaban J connectivity index is 1.95. The van der Waals surface area contributed by atoms with Gasteiger partial charge in [0.25, 0.3) is 0 Å². The summed E-state index contributed by atoms with van der Waals surface area (Å²) in [5, 5.41) is 5.02. The van der Waals surface area contributed by atoms with Gasteiger partial charge in [-0.25, -0.2) is 13.6 Å². The molecule has 1 saturated carbocycles. The lowest BCUT2D eigenvalue weighted by Gasteiger charge is -2.25. The van der Waals surface area contributed by atoms with Crippen LogP contribution in [0.5, 0.6) is 5.75 Å². The van der Waals surface area contributed by atoms with Crippen LogP contribution in [0.2, 0.25) is 0 Å². The Morgan fingerprint density at radius 1 is 1.33 bits per heavy atom. The van der Waals surface area contributed by atoms with E-state index in [9.17, 15) is 8.42 Å². The Kier molecular flexibility index (Phi) is 3.77. The molecule has 1 aliphatic carbocycles. The standard InChI is InChI=1S/C12H18N2O3S/c13-11-8-10(4-5-12(11)18(14,15)16)17-7-6-9-2-1-3-9/h4-5,8-9H,1-3,6-7,13H2,(H2,14,15,16). The van der Waals surface area contributed by atoms with Gasteiger partial charge >= 0.3 is 0 Å². The lowest BCUT2D eigenvalue weighted by atomic mass is 9.83. The lowest BCUT2D eigenvalue weighted by molar-refractivity contribution is 0.222. The van der Waals surface area contributed by atoms with Crippen LogP contribution in [0.4, 0.5) is 5.69 Å². The van der Waals surface area contributed by atoms with E-state index in [4.69, 9.17) is 15.6 Å². The highest BCUT2D eigenvalue weighted by Crippen LogP contribution is 2.29. The number of hydrogen-bond acceptors (Lipinski definition) is 4. The number of hydrogen-bond donors (Lipinski definition) is 2. The van der Waals surface area contributed by atoms with Crippen molar-refractivity contribution < 1.29 is 13.2 Å². The molecular formula is C12H18N2O3S. The maximum absolute atomic E-state index is 11.2. The molecule has 1 aromatic carbocycles. The summed E-state index contributed by atoms with van der Waals surface area (Å²) in [6, 6.07) is 4.46. The molecule has 0 unspecified atom stereocenters. The smallest absolute Gasteiger partial charge is 0.240 e. The van der Waals surface area contributed by atoms with Crippen LogP contribution in [-0.4, -0.2) is 15.0 Å². The van der Waals surface area contributed by atoms with Crippen molar-refractivity contribution in [1.82, 2.24) is 0 Å². The van der Waals surface area contributed by atoms with Crippen LogP contribution < -0.4 is 15.6 Å². The molecule has 0 spiro atoms. The molecule has 0 aliphatic heterocycles. The van der Waals surface area contributed by atoms with Gasteiger partial charge in [-0.1, -0.05) is 19.3 Å². The first-order valence-corrected chi connectivity index (χ1v) is 7.56. The SMILES string of the molecule is Nc1cc(OCCC2CCC2)ccc1S(N)(=O)=O. The molecule has 0 atom stereocenters. The highest BCUT2D eigenvalue weighted by molar-refractivity contribution is 7.89. The second-order valence-corrected chi connectivity index (χ2v) is 6.21. The number of anilines is 1. The highest BCUT2D eigenvalue weighted by Gasteiger charge is 2.17. The van der Waals surface area contributed by atoms with Gasteiger partial charge < -0.3 is 10.5 Å². The van der Waals surface area contributed by atoms with Crippen molar-refractivity contribution in [2.75, 3.05) is 12.3 Å². The highest BCUT2D eigenvalue weighted by atomic mass is 32.2. The van der Waals surface area contributed by atoms with E-state index in [2.05, 4.69) is 0 Å². The molecule has 0 radical (unpaired) electrons. The van der Waals surface area contributed by atoms with E-state index in [1.807, 2.05) is 0 Å². The second-order valence-electron chi connectivity index (χ2n) is 4.68. The Morgan fingerprint density at radius 3 is 2.56 bits per heavy atom. The number of rotatable bonds is 5. The molecule has 6 heteroatoms. The van der Waals surface area contributed by atoms with Crippen LogP contribution >= 0.6 is 0 Å². The Labute approximate surface area is 107 Å². The van der Waals surface area contributed by atoms with Gasteiger partial charge in [-0.05, 0) is 24.5 Å². The van der Waals surface area contributed by atoms with E-state index in [1.165, 1.54) is 31.4 Å². The van der Waals surface area contributed by atoms with Crippen LogP contribution in [0.3, 0.4) is 0 Å².